The van der Waals surface area contributed by atoms with Crippen molar-refractivity contribution in [3.05, 3.63) is 0 Å². The van der Waals surface area contributed by atoms with E-state index in [9.17, 15) is 14.3 Å². The number of carbonyl (C=O) groups excluding carboxylic acids is 1. The molecule has 2 unspecified atom stereocenters. The van der Waals surface area contributed by atoms with Crippen LogP contribution in [0.25, 0.3) is 0 Å². The standard InChI is InChI=1S/C8H13FO3/c1-12-7(10)8(11)5-3-2-4-6(8)9/h6,11H,2-5H2,1H3. The zero-order valence-corrected chi connectivity index (χ0v) is 7.05. The van der Waals surface area contributed by atoms with Crippen LogP contribution >= 0.6 is 0 Å². The summed E-state index contributed by atoms with van der Waals surface area (Å²) in [6.45, 7) is 0. The van der Waals surface area contributed by atoms with E-state index in [1.54, 1.807) is 0 Å². The van der Waals surface area contributed by atoms with Crippen molar-refractivity contribution >= 4 is 5.97 Å². The summed E-state index contributed by atoms with van der Waals surface area (Å²) < 4.78 is 17.5. The number of hydrogen-bond acceptors (Lipinski definition) is 3. The van der Waals surface area contributed by atoms with Gasteiger partial charge in [0, 0.05) is 0 Å². The third-order valence-corrected chi connectivity index (χ3v) is 2.32. The predicted molar refractivity (Wildman–Crippen MR) is 40.3 cm³/mol. The minimum absolute atomic E-state index is 0.167. The van der Waals surface area contributed by atoms with Gasteiger partial charge in [-0.1, -0.05) is 6.42 Å². The second-order valence-electron chi connectivity index (χ2n) is 3.13. The first-order valence-corrected chi connectivity index (χ1v) is 4.06. The Bertz CT molecular complexity index is 183. The summed E-state index contributed by atoms with van der Waals surface area (Å²) in [6, 6.07) is 0. The number of halogens is 1. The number of ether oxygens (including phenoxy) is 1. The van der Waals surface area contributed by atoms with Crippen molar-refractivity contribution in [3.8, 4) is 0 Å². The van der Waals surface area contributed by atoms with Gasteiger partial charge in [-0.25, -0.2) is 9.18 Å². The SMILES string of the molecule is COC(=O)C1(O)CCCCC1F. The maximum atomic E-state index is 13.1. The molecule has 3 nitrogen and oxygen atoms in total. The molecule has 4 heteroatoms. The molecule has 0 aromatic rings. The minimum Gasteiger partial charge on any atom is -0.467 e. The summed E-state index contributed by atoms with van der Waals surface area (Å²) in [5.74, 6) is -0.852. The van der Waals surface area contributed by atoms with E-state index in [1.807, 2.05) is 0 Å². The number of hydrogen-bond donors (Lipinski definition) is 1. The van der Waals surface area contributed by atoms with Gasteiger partial charge in [0.15, 0.2) is 5.60 Å². The Morgan fingerprint density at radius 3 is 2.83 bits per heavy atom. The van der Waals surface area contributed by atoms with Gasteiger partial charge in [-0.05, 0) is 19.3 Å². The summed E-state index contributed by atoms with van der Waals surface area (Å²) in [7, 11) is 1.15. The van der Waals surface area contributed by atoms with Gasteiger partial charge in [0.2, 0.25) is 0 Å². The summed E-state index contributed by atoms with van der Waals surface area (Å²) in [5, 5.41) is 9.56. The molecule has 0 aromatic heterocycles. The highest BCUT2D eigenvalue weighted by Crippen LogP contribution is 2.31. The third kappa shape index (κ3) is 1.43. The first kappa shape index (κ1) is 9.45. The van der Waals surface area contributed by atoms with Crippen LogP contribution in [0.1, 0.15) is 25.7 Å². The number of rotatable bonds is 1. The fourth-order valence-electron chi connectivity index (χ4n) is 1.52. The molecule has 2 atom stereocenters. The highest BCUT2D eigenvalue weighted by molar-refractivity contribution is 5.80. The zero-order valence-electron chi connectivity index (χ0n) is 7.05. The lowest BCUT2D eigenvalue weighted by atomic mass is 9.83. The van der Waals surface area contributed by atoms with E-state index in [-0.39, 0.29) is 12.8 Å². The van der Waals surface area contributed by atoms with Crippen molar-refractivity contribution in [2.75, 3.05) is 7.11 Å². The average molecular weight is 176 g/mol. The van der Waals surface area contributed by atoms with Crippen molar-refractivity contribution in [3.63, 3.8) is 0 Å². The number of aliphatic hydroxyl groups is 1. The fourth-order valence-corrected chi connectivity index (χ4v) is 1.52. The Morgan fingerprint density at radius 1 is 1.67 bits per heavy atom. The molecule has 1 aliphatic carbocycles. The Morgan fingerprint density at radius 2 is 2.33 bits per heavy atom. The van der Waals surface area contributed by atoms with E-state index in [2.05, 4.69) is 4.74 Å². The molecule has 0 radical (unpaired) electrons. The summed E-state index contributed by atoms with van der Waals surface area (Å²) in [5.41, 5.74) is -1.88. The van der Waals surface area contributed by atoms with Gasteiger partial charge in [-0.15, -0.1) is 0 Å². The van der Waals surface area contributed by atoms with Crippen LogP contribution in [0.4, 0.5) is 4.39 Å². The molecule has 0 heterocycles. The van der Waals surface area contributed by atoms with E-state index in [1.165, 1.54) is 0 Å². The smallest absolute Gasteiger partial charge is 0.340 e. The highest BCUT2D eigenvalue weighted by Gasteiger charge is 2.47. The zero-order chi connectivity index (χ0) is 9.19. The summed E-state index contributed by atoms with van der Waals surface area (Å²) in [4.78, 5) is 11.0. The maximum absolute atomic E-state index is 13.1. The largest absolute Gasteiger partial charge is 0.467 e. The van der Waals surface area contributed by atoms with Crippen LogP contribution in [0.5, 0.6) is 0 Å². The van der Waals surface area contributed by atoms with Crippen LogP contribution in [-0.4, -0.2) is 30.0 Å². The Labute approximate surface area is 70.5 Å². The predicted octanol–water partition coefficient (Wildman–Crippen LogP) is 0.803. The number of alkyl halides is 1. The van der Waals surface area contributed by atoms with Gasteiger partial charge in [0.05, 0.1) is 7.11 Å². The van der Waals surface area contributed by atoms with Crippen LogP contribution in [0.2, 0.25) is 0 Å². The Hall–Kier alpha value is -0.640. The van der Waals surface area contributed by atoms with Crippen molar-refractivity contribution in [2.24, 2.45) is 0 Å². The molecule has 0 aliphatic heterocycles. The van der Waals surface area contributed by atoms with Crippen LogP contribution < -0.4 is 0 Å². The molecule has 0 spiro atoms. The van der Waals surface area contributed by atoms with Crippen LogP contribution in [-0.2, 0) is 9.53 Å². The van der Waals surface area contributed by atoms with E-state index < -0.39 is 17.7 Å². The lowest BCUT2D eigenvalue weighted by Crippen LogP contribution is -2.50. The Balaban J connectivity index is 2.72. The van der Waals surface area contributed by atoms with E-state index >= 15 is 0 Å². The van der Waals surface area contributed by atoms with Crippen LogP contribution in [0.3, 0.4) is 0 Å². The van der Waals surface area contributed by atoms with E-state index in [0.717, 1.165) is 13.5 Å². The van der Waals surface area contributed by atoms with Crippen molar-refractivity contribution in [1.82, 2.24) is 0 Å². The molecule has 1 fully saturated rings. The molecule has 1 rings (SSSR count). The van der Waals surface area contributed by atoms with Gasteiger partial charge in [-0.2, -0.15) is 0 Å². The second-order valence-corrected chi connectivity index (χ2v) is 3.13. The van der Waals surface area contributed by atoms with Gasteiger partial charge in [0.25, 0.3) is 0 Å². The lowest BCUT2D eigenvalue weighted by molar-refractivity contribution is -0.174. The third-order valence-electron chi connectivity index (χ3n) is 2.32. The topological polar surface area (TPSA) is 46.5 Å². The molecule has 1 saturated carbocycles. The van der Waals surface area contributed by atoms with Crippen molar-refractivity contribution < 1.29 is 19.0 Å². The van der Waals surface area contributed by atoms with Crippen molar-refractivity contribution in [2.45, 2.75) is 37.5 Å². The van der Waals surface area contributed by atoms with Gasteiger partial charge >= 0.3 is 5.97 Å². The second kappa shape index (κ2) is 3.39. The molecule has 1 N–H and O–H groups in total. The van der Waals surface area contributed by atoms with E-state index in [0.29, 0.717) is 6.42 Å². The normalized spacial score (nSPS) is 36.1. The van der Waals surface area contributed by atoms with E-state index in [4.69, 9.17) is 0 Å². The van der Waals surface area contributed by atoms with Crippen molar-refractivity contribution in [1.29, 1.82) is 0 Å². The van der Waals surface area contributed by atoms with Crippen LogP contribution in [0, 0.1) is 0 Å². The molecule has 0 amide bonds. The number of methoxy groups -OCH3 is 1. The lowest BCUT2D eigenvalue weighted by Gasteiger charge is -2.32. The van der Waals surface area contributed by atoms with Crippen LogP contribution in [0.15, 0.2) is 0 Å². The molecule has 0 aromatic carbocycles. The molecule has 0 saturated heterocycles. The number of carbonyl (C=O) groups is 1. The Kier molecular flexibility index (Phi) is 2.67. The average Bonchev–Trinajstić information content (AvgIpc) is 2.09. The molecular weight excluding hydrogens is 163 g/mol. The molecule has 0 bridgehead atoms. The number of esters is 1. The summed E-state index contributed by atoms with van der Waals surface area (Å²) >= 11 is 0. The molecule has 12 heavy (non-hydrogen) atoms. The molecule has 1 aliphatic rings. The first-order chi connectivity index (χ1) is 5.61. The minimum atomic E-state index is -1.88. The molecule has 70 valence electrons. The highest BCUT2D eigenvalue weighted by atomic mass is 19.1. The van der Waals surface area contributed by atoms with Gasteiger partial charge in [-0.3, -0.25) is 0 Å². The first-order valence-electron chi connectivity index (χ1n) is 4.06. The maximum Gasteiger partial charge on any atom is 0.340 e. The molecular formula is C8H13FO3. The quantitative estimate of drug-likeness (QED) is 0.601. The van der Waals surface area contributed by atoms with Gasteiger partial charge < -0.3 is 9.84 Å². The van der Waals surface area contributed by atoms with Gasteiger partial charge in [0.1, 0.15) is 6.17 Å². The summed E-state index contributed by atoms with van der Waals surface area (Å²) in [6.07, 6.45) is 0.331. The fraction of sp³-hybridized carbons (Fsp3) is 0.875. The monoisotopic (exact) mass is 176 g/mol.